The van der Waals surface area contributed by atoms with E-state index in [0.717, 1.165) is 9.88 Å². The third-order valence-electron chi connectivity index (χ3n) is 0.879. The zero-order valence-corrected chi connectivity index (χ0v) is 6.32. The fraction of sp³-hybridized carbons (Fsp3) is 0. The van der Waals surface area contributed by atoms with Crippen molar-refractivity contribution in [3.05, 3.63) is 11.7 Å². The van der Waals surface area contributed by atoms with Crippen LogP contribution in [0.2, 0.25) is 0 Å². The summed E-state index contributed by atoms with van der Waals surface area (Å²) < 4.78 is 3.65. The van der Waals surface area contributed by atoms with Gasteiger partial charge in [-0.2, -0.15) is 0 Å². The first kappa shape index (κ1) is 5.87. The highest BCUT2D eigenvalue weighted by molar-refractivity contribution is 7.18. The number of aromatic nitrogens is 4. The van der Waals surface area contributed by atoms with E-state index in [4.69, 9.17) is 0 Å². The minimum absolute atomic E-state index is 0.829. The Bertz CT molecular complexity index is 255. The molecular weight excluding hydrogens is 168 g/mol. The van der Waals surface area contributed by atoms with E-state index in [1.165, 1.54) is 22.9 Å². The molecule has 2 rings (SSSR count). The maximum absolute atomic E-state index is 3.83. The number of hydrogen-bond acceptors (Lipinski definition) is 6. The molecule has 0 fully saturated rings. The van der Waals surface area contributed by atoms with Crippen molar-refractivity contribution in [2.24, 2.45) is 0 Å². The number of rotatable bonds is 1. The van der Waals surface area contributed by atoms with Gasteiger partial charge in [-0.05, 0) is 11.5 Å². The lowest BCUT2D eigenvalue weighted by molar-refractivity contribution is 1.09. The third-order valence-corrected chi connectivity index (χ3v) is 2.35. The fourth-order valence-corrected chi connectivity index (χ4v) is 1.57. The minimum atomic E-state index is 0.829. The van der Waals surface area contributed by atoms with E-state index in [2.05, 4.69) is 26.0 Å². The van der Waals surface area contributed by atoms with E-state index in [1.54, 1.807) is 5.51 Å². The van der Waals surface area contributed by atoms with Crippen LogP contribution in [-0.2, 0) is 0 Å². The van der Waals surface area contributed by atoms with Gasteiger partial charge in [0.15, 0.2) is 5.01 Å². The highest BCUT2D eigenvalue weighted by atomic mass is 32.1. The lowest BCUT2D eigenvalue weighted by atomic mass is 10.6. The molecule has 1 radical (unpaired) electrons. The van der Waals surface area contributed by atoms with E-state index in [0.29, 0.717) is 0 Å². The third kappa shape index (κ3) is 0.910. The molecule has 2 aromatic heterocycles. The van der Waals surface area contributed by atoms with Crippen molar-refractivity contribution < 1.29 is 0 Å². The van der Waals surface area contributed by atoms with Gasteiger partial charge in [0.2, 0.25) is 0 Å². The molecule has 0 bridgehead atoms. The van der Waals surface area contributed by atoms with Gasteiger partial charge in [-0.1, -0.05) is 15.8 Å². The Labute approximate surface area is 64.7 Å². The summed E-state index contributed by atoms with van der Waals surface area (Å²) in [5, 5.41) is 11.9. The maximum atomic E-state index is 3.83. The van der Waals surface area contributed by atoms with Gasteiger partial charge in [0.25, 0.3) is 0 Å². The van der Waals surface area contributed by atoms with Crippen LogP contribution in [0.15, 0.2) is 5.51 Å². The summed E-state index contributed by atoms with van der Waals surface area (Å²) in [6.07, 6.45) is 2.70. The Balaban J connectivity index is 2.48. The van der Waals surface area contributed by atoms with Gasteiger partial charge in [-0.3, -0.25) is 0 Å². The first-order chi connectivity index (χ1) is 4.97. The van der Waals surface area contributed by atoms with E-state index < -0.39 is 0 Å². The van der Waals surface area contributed by atoms with E-state index in [9.17, 15) is 0 Å². The molecule has 0 spiro atoms. The molecule has 6 heteroatoms. The van der Waals surface area contributed by atoms with Gasteiger partial charge in [-0.25, -0.2) is 0 Å². The van der Waals surface area contributed by atoms with Crippen LogP contribution < -0.4 is 0 Å². The predicted octanol–water partition coefficient (Wildman–Crippen LogP) is 0.857. The van der Waals surface area contributed by atoms with Gasteiger partial charge in [0, 0.05) is 0 Å². The van der Waals surface area contributed by atoms with Crippen LogP contribution in [0.5, 0.6) is 0 Å². The lowest BCUT2D eigenvalue weighted by Gasteiger charge is -1.77. The van der Waals surface area contributed by atoms with Crippen LogP contribution in [-0.4, -0.2) is 19.8 Å². The first-order valence-electron chi connectivity index (χ1n) is 2.43. The van der Waals surface area contributed by atoms with E-state index in [-0.39, 0.29) is 0 Å². The molecule has 2 aromatic rings. The Morgan fingerprint density at radius 1 is 1.50 bits per heavy atom. The summed E-state index contributed by atoms with van der Waals surface area (Å²) in [7, 11) is 0. The predicted molar refractivity (Wildman–Crippen MR) is 37.6 cm³/mol. The van der Waals surface area contributed by atoms with Crippen LogP contribution >= 0.6 is 22.9 Å². The molecule has 0 aliphatic heterocycles. The smallest absolute Gasteiger partial charge is 0.147 e. The summed E-state index contributed by atoms with van der Waals surface area (Å²) in [6, 6.07) is 0. The monoisotopic (exact) mass is 169 g/mol. The quantitative estimate of drug-likeness (QED) is 0.635. The molecule has 0 unspecified atom stereocenters. The van der Waals surface area contributed by atoms with Crippen molar-refractivity contribution >= 4 is 22.9 Å². The van der Waals surface area contributed by atoms with Crippen molar-refractivity contribution in [3.63, 3.8) is 0 Å². The highest BCUT2D eigenvalue weighted by Gasteiger charge is 2.02. The average Bonchev–Trinajstić information content (AvgIpc) is 2.59. The number of nitrogens with zero attached hydrogens (tertiary/aromatic N) is 4. The molecule has 49 valence electrons. The van der Waals surface area contributed by atoms with Gasteiger partial charge in [-0.15, -0.1) is 15.3 Å². The Morgan fingerprint density at radius 2 is 2.50 bits per heavy atom. The molecule has 2 heterocycles. The molecule has 0 N–H and O–H groups in total. The molecule has 0 saturated heterocycles. The zero-order valence-electron chi connectivity index (χ0n) is 4.68. The van der Waals surface area contributed by atoms with E-state index >= 15 is 0 Å². The molecule has 0 amide bonds. The highest BCUT2D eigenvalue weighted by Crippen LogP contribution is 2.21. The second-order valence-electron chi connectivity index (χ2n) is 1.46. The van der Waals surface area contributed by atoms with Crippen molar-refractivity contribution in [1.29, 1.82) is 0 Å². The van der Waals surface area contributed by atoms with Gasteiger partial charge >= 0.3 is 0 Å². The Morgan fingerprint density at radius 3 is 3.10 bits per heavy atom. The summed E-state index contributed by atoms with van der Waals surface area (Å²) >= 11 is 2.73. The largest absolute Gasteiger partial charge is 0.161 e. The van der Waals surface area contributed by atoms with Gasteiger partial charge in [0.1, 0.15) is 16.6 Å². The standard InChI is InChI=1S/C4HN4S2/c1-3(10-8-5-1)4-7-6-2-9-4/h2H. The molecule has 0 aromatic carbocycles. The van der Waals surface area contributed by atoms with Crippen LogP contribution in [0.4, 0.5) is 0 Å². The second kappa shape index (κ2) is 2.39. The summed E-state index contributed by atoms with van der Waals surface area (Å²) in [5.41, 5.74) is 1.67. The molecule has 4 nitrogen and oxygen atoms in total. The van der Waals surface area contributed by atoms with Crippen molar-refractivity contribution in [2.45, 2.75) is 0 Å². The molecule has 0 aliphatic carbocycles. The van der Waals surface area contributed by atoms with Crippen LogP contribution in [0.1, 0.15) is 0 Å². The molecule has 0 saturated carbocycles. The molecule has 10 heavy (non-hydrogen) atoms. The van der Waals surface area contributed by atoms with Crippen molar-refractivity contribution in [3.8, 4) is 9.88 Å². The molecule has 0 aliphatic rings. The van der Waals surface area contributed by atoms with Crippen LogP contribution in [0, 0.1) is 6.20 Å². The molecule has 0 atom stereocenters. The van der Waals surface area contributed by atoms with Crippen molar-refractivity contribution in [2.75, 3.05) is 0 Å². The molecular formula is C4HN4S2. The SMILES string of the molecule is [c]1nnsc1-c1nncs1. The van der Waals surface area contributed by atoms with Crippen LogP contribution in [0.3, 0.4) is 0 Å². The normalized spacial score (nSPS) is 10.0. The second-order valence-corrected chi connectivity index (χ2v) is 3.05. The maximum Gasteiger partial charge on any atom is 0.161 e. The number of hydrogen-bond donors (Lipinski definition) is 0. The van der Waals surface area contributed by atoms with Crippen LogP contribution in [0.25, 0.3) is 9.88 Å². The Kier molecular flexibility index (Phi) is 1.40. The van der Waals surface area contributed by atoms with Crippen molar-refractivity contribution in [1.82, 2.24) is 19.8 Å². The summed E-state index contributed by atoms with van der Waals surface area (Å²) in [4.78, 5) is 0.850. The Hall–Kier alpha value is -0.880. The van der Waals surface area contributed by atoms with Gasteiger partial charge < -0.3 is 0 Å². The summed E-state index contributed by atoms with van der Waals surface area (Å²) in [5.74, 6) is 0. The topological polar surface area (TPSA) is 51.6 Å². The minimum Gasteiger partial charge on any atom is -0.147 e. The fourth-order valence-electron chi connectivity index (χ4n) is 0.506. The van der Waals surface area contributed by atoms with E-state index in [1.807, 2.05) is 0 Å². The summed E-state index contributed by atoms with van der Waals surface area (Å²) in [6.45, 7) is 0. The lowest BCUT2D eigenvalue weighted by Crippen LogP contribution is -1.69. The van der Waals surface area contributed by atoms with Gasteiger partial charge in [0.05, 0.1) is 0 Å². The average molecular weight is 169 g/mol. The first-order valence-corrected chi connectivity index (χ1v) is 4.08. The zero-order chi connectivity index (χ0) is 6.81.